The Morgan fingerprint density at radius 2 is 0.967 bits per heavy atom. The lowest BCUT2D eigenvalue weighted by molar-refractivity contribution is -0.305. The fraction of sp³-hybridized carbons (Fsp3) is 0.588. The molecule has 6 unspecified atom stereocenters. The minimum absolute atomic E-state index is 0.0967. The van der Waals surface area contributed by atoms with Gasteiger partial charge in [0.1, 0.15) is 30.5 Å². The number of hydrogen-bond donors (Lipinski definition) is 4. The maximum absolute atomic E-state index is 12.8. The molecule has 0 radical (unpaired) electrons. The second-order valence-corrected chi connectivity index (χ2v) is 14.7. The van der Waals surface area contributed by atoms with Gasteiger partial charge in [-0.25, -0.2) is 0 Å². The van der Waals surface area contributed by atoms with E-state index < -0.39 is 43.4 Å². The van der Waals surface area contributed by atoms with Crippen LogP contribution in [-0.4, -0.2) is 89.6 Å². The number of carbonyl (C=O) groups is 1. The van der Waals surface area contributed by atoms with Gasteiger partial charge in [0.25, 0.3) is 0 Å². The highest BCUT2D eigenvalue weighted by molar-refractivity contribution is 5.69. The maximum Gasteiger partial charge on any atom is 0.306 e. The Morgan fingerprint density at radius 3 is 1.43 bits per heavy atom. The number of carbonyl (C=O) groups excluding carboxylic acids is 1. The Labute approximate surface area is 363 Å². The predicted octanol–water partition coefficient (Wildman–Crippen LogP) is 10.4. The Bertz CT molecular complexity index is 1320. The summed E-state index contributed by atoms with van der Waals surface area (Å²) in [6.45, 7) is 4.17. The number of unbranched alkanes of at least 4 members (excludes halogenated alkanes) is 5. The number of rotatable bonds is 36. The van der Waals surface area contributed by atoms with Gasteiger partial charge in [0.15, 0.2) is 6.29 Å². The molecular formula is C51H80O9. The van der Waals surface area contributed by atoms with Crippen LogP contribution in [0, 0.1) is 0 Å². The summed E-state index contributed by atoms with van der Waals surface area (Å²) < 4.78 is 22.7. The number of hydrogen-bond acceptors (Lipinski definition) is 9. The van der Waals surface area contributed by atoms with Crippen LogP contribution in [0.1, 0.15) is 129 Å². The third-order valence-electron chi connectivity index (χ3n) is 9.37. The minimum Gasteiger partial charge on any atom is -0.457 e. The lowest BCUT2D eigenvalue weighted by Crippen LogP contribution is -2.59. The van der Waals surface area contributed by atoms with Gasteiger partial charge in [-0.1, -0.05) is 148 Å². The first kappa shape index (κ1) is 54.6. The molecule has 4 N–H and O–H groups in total. The van der Waals surface area contributed by atoms with Crippen molar-refractivity contribution in [1.29, 1.82) is 0 Å². The second kappa shape index (κ2) is 41.0. The molecule has 0 aromatic heterocycles. The van der Waals surface area contributed by atoms with Crippen LogP contribution in [0.15, 0.2) is 122 Å². The second-order valence-electron chi connectivity index (χ2n) is 14.7. The molecule has 60 heavy (non-hydrogen) atoms. The summed E-state index contributed by atoms with van der Waals surface area (Å²) in [5.41, 5.74) is 0. The van der Waals surface area contributed by atoms with Gasteiger partial charge in [0.05, 0.1) is 19.8 Å². The first-order valence-corrected chi connectivity index (χ1v) is 22.6. The first-order valence-electron chi connectivity index (χ1n) is 22.6. The van der Waals surface area contributed by atoms with Gasteiger partial charge in [-0.15, -0.1) is 0 Å². The summed E-state index contributed by atoms with van der Waals surface area (Å²) in [4.78, 5) is 12.8. The molecule has 1 fully saturated rings. The van der Waals surface area contributed by atoms with Gasteiger partial charge in [-0.2, -0.15) is 0 Å². The number of aliphatic hydroxyl groups is 4. The van der Waals surface area contributed by atoms with Crippen LogP contribution >= 0.6 is 0 Å². The molecule has 6 atom stereocenters. The zero-order valence-electron chi connectivity index (χ0n) is 36.9. The third kappa shape index (κ3) is 31.5. The molecule has 9 heteroatoms. The van der Waals surface area contributed by atoms with E-state index in [1.54, 1.807) is 0 Å². The van der Waals surface area contributed by atoms with Crippen molar-refractivity contribution < 1.29 is 44.2 Å². The van der Waals surface area contributed by atoms with Gasteiger partial charge in [0, 0.05) is 13.0 Å². The van der Waals surface area contributed by atoms with E-state index in [0.717, 1.165) is 103 Å². The summed E-state index contributed by atoms with van der Waals surface area (Å²) in [6, 6.07) is 0. The molecule has 9 nitrogen and oxygen atoms in total. The van der Waals surface area contributed by atoms with Crippen molar-refractivity contribution in [3.05, 3.63) is 122 Å². The average Bonchev–Trinajstić information content (AvgIpc) is 3.25. The molecule has 0 spiro atoms. The molecule has 0 amide bonds. The van der Waals surface area contributed by atoms with Crippen molar-refractivity contribution >= 4 is 5.97 Å². The Hall–Kier alpha value is -3.41. The zero-order chi connectivity index (χ0) is 43.6. The SMILES string of the molecule is CC/C=C\C/C=C\C/C=C\C/C=C\C/C=C\C/C=C\C/C=C\CCCC(=O)OC(COCCCCCC/C=C\C/C=C\C/C=C\CC)COC1OC(CO)C(O)C(O)C1O. The van der Waals surface area contributed by atoms with Crippen LogP contribution in [-0.2, 0) is 23.7 Å². The van der Waals surface area contributed by atoms with Crippen molar-refractivity contribution in [3.8, 4) is 0 Å². The summed E-state index contributed by atoms with van der Waals surface area (Å²) in [7, 11) is 0. The molecular weight excluding hydrogens is 757 g/mol. The summed E-state index contributed by atoms with van der Waals surface area (Å²) >= 11 is 0. The van der Waals surface area contributed by atoms with Crippen LogP contribution in [0.25, 0.3) is 0 Å². The number of esters is 1. The normalized spacial score (nSPS) is 21.2. The maximum atomic E-state index is 12.8. The van der Waals surface area contributed by atoms with Crippen molar-refractivity contribution in [2.45, 2.75) is 166 Å². The zero-order valence-corrected chi connectivity index (χ0v) is 36.9. The van der Waals surface area contributed by atoms with Gasteiger partial charge in [-0.05, 0) is 96.3 Å². The third-order valence-corrected chi connectivity index (χ3v) is 9.37. The summed E-state index contributed by atoms with van der Waals surface area (Å²) in [5, 5.41) is 40.1. The highest BCUT2D eigenvalue weighted by Crippen LogP contribution is 2.22. The van der Waals surface area contributed by atoms with E-state index in [1.165, 1.54) is 0 Å². The predicted molar refractivity (Wildman–Crippen MR) is 246 cm³/mol. The number of allylic oxidation sites excluding steroid dienone is 20. The number of aliphatic hydroxyl groups excluding tert-OH is 4. The van der Waals surface area contributed by atoms with Crippen LogP contribution in [0.3, 0.4) is 0 Å². The molecule has 1 aliphatic rings. The van der Waals surface area contributed by atoms with Gasteiger partial charge >= 0.3 is 5.97 Å². The Balaban J connectivity index is 2.34. The standard InChI is InChI=1S/C51H80O9/c1-3-5-7-9-11-13-15-17-19-20-21-22-23-24-25-26-27-28-30-32-34-36-38-40-47(53)59-45(44-58-51-50(56)49(55)48(54)46(42-52)60-51)43-57-41-39-37-35-33-31-29-18-16-14-12-10-8-6-4-2/h5-8,11-14,17-19,21-22,24-25,27-29,32,34,45-46,48-52,54-56H,3-4,9-10,15-16,20,23,26,30-31,33,35-44H2,1-2H3/b7-5-,8-6-,13-11-,14-12-,19-17-,22-21-,25-24-,28-27-,29-18-,34-32-. The minimum atomic E-state index is -1.56. The van der Waals surface area contributed by atoms with Crippen molar-refractivity contribution in [3.63, 3.8) is 0 Å². The van der Waals surface area contributed by atoms with Crippen LogP contribution in [0.2, 0.25) is 0 Å². The largest absolute Gasteiger partial charge is 0.457 e. The Kier molecular flexibility index (Phi) is 37.3. The lowest BCUT2D eigenvalue weighted by atomic mass is 9.99. The van der Waals surface area contributed by atoms with Crippen molar-refractivity contribution in [2.24, 2.45) is 0 Å². The molecule has 1 heterocycles. The van der Waals surface area contributed by atoms with E-state index >= 15 is 0 Å². The van der Waals surface area contributed by atoms with E-state index in [-0.39, 0.29) is 25.6 Å². The van der Waals surface area contributed by atoms with Crippen LogP contribution in [0.4, 0.5) is 0 Å². The Morgan fingerprint density at radius 1 is 0.533 bits per heavy atom. The van der Waals surface area contributed by atoms with E-state index in [0.29, 0.717) is 13.0 Å². The molecule has 0 aromatic carbocycles. The smallest absolute Gasteiger partial charge is 0.306 e. The van der Waals surface area contributed by atoms with Crippen molar-refractivity contribution in [2.75, 3.05) is 26.4 Å². The highest BCUT2D eigenvalue weighted by atomic mass is 16.7. The summed E-state index contributed by atoms with van der Waals surface area (Å²) in [5.74, 6) is -0.386. The van der Waals surface area contributed by atoms with Gasteiger partial charge in [-0.3, -0.25) is 4.79 Å². The molecule has 0 aromatic rings. The molecule has 0 bridgehead atoms. The molecule has 1 aliphatic heterocycles. The lowest BCUT2D eigenvalue weighted by Gasteiger charge is -2.39. The topological polar surface area (TPSA) is 135 Å². The first-order chi connectivity index (χ1) is 29.4. The van der Waals surface area contributed by atoms with Crippen molar-refractivity contribution in [1.82, 2.24) is 0 Å². The average molecular weight is 837 g/mol. The van der Waals surface area contributed by atoms with Crippen LogP contribution in [0.5, 0.6) is 0 Å². The molecule has 1 saturated heterocycles. The molecule has 338 valence electrons. The van der Waals surface area contributed by atoms with E-state index in [1.807, 2.05) is 0 Å². The van der Waals surface area contributed by atoms with Gasteiger partial charge in [0.2, 0.25) is 0 Å². The van der Waals surface area contributed by atoms with E-state index in [9.17, 15) is 25.2 Å². The fourth-order valence-electron chi connectivity index (χ4n) is 5.90. The molecule has 0 saturated carbocycles. The number of ether oxygens (including phenoxy) is 4. The summed E-state index contributed by atoms with van der Waals surface area (Å²) in [6.07, 6.45) is 52.3. The fourth-order valence-corrected chi connectivity index (χ4v) is 5.90. The monoisotopic (exact) mass is 837 g/mol. The molecule has 1 rings (SSSR count). The van der Waals surface area contributed by atoms with E-state index in [4.69, 9.17) is 18.9 Å². The quantitative estimate of drug-likeness (QED) is 0.0276. The van der Waals surface area contributed by atoms with Crippen LogP contribution < -0.4 is 0 Å². The molecule has 0 aliphatic carbocycles. The van der Waals surface area contributed by atoms with E-state index in [2.05, 4.69) is 135 Å². The highest BCUT2D eigenvalue weighted by Gasteiger charge is 2.44. The van der Waals surface area contributed by atoms with Gasteiger partial charge < -0.3 is 39.4 Å².